The maximum absolute atomic E-state index is 11.2. The Morgan fingerprint density at radius 1 is 1.19 bits per heavy atom. The van der Waals surface area contributed by atoms with Crippen LogP contribution in [0, 0.1) is 0 Å². The molecule has 1 saturated heterocycles. The minimum atomic E-state index is -0.713. The average molecular weight is 356 g/mol. The van der Waals surface area contributed by atoms with Crippen LogP contribution < -0.4 is 0 Å². The molecular formula is C17H26BrNO2. The molecule has 118 valence electrons. The molecule has 1 unspecified atom stereocenters. The number of halogens is 1. The zero-order valence-electron chi connectivity index (χ0n) is 12.9. The van der Waals surface area contributed by atoms with Gasteiger partial charge in [0.05, 0.1) is 18.8 Å². The molecule has 1 aromatic rings. The number of hydrogen-bond acceptors (Lipinski definition) is 3. The van der Waals surface area contributed by atoms with Crippen molar-refractivity contribution in [3.63, 3.8) is 0 Å². The van der Waals surface area contributed by atoms with Crippen molar-refractivity contribution in [1.82, 2.24) is 4.90 Å². The lowest BCUT2D eigenvalue weighted by molar-refractivity contribution is -0.0111. The number of hydrogen-bond donors (Lipinski definition) is 1. The summed E-state index contributed by atoms with van der Waals surface area (Å²) in [6.45, 7) is 6.68. The topological polar surface area (TPSA) is 32.7 Å². The third-order valence-electron chi connectivity index (χ3n) is 4.27. The second kappa shape index (κ2) is 8.28. The Kier molecular flexibility index (Phi) is 6.68. The quantitative estimate of drug-likeness (QED) is 0.811. The lowest BCUT2D eigenvalue weighted by atomic mass is 9.85. The summed E-state index contributed by atoms with van der Waals surface area (Å²) in [6, 6.07) is 8.11. The molecule has 4 heteroatoms. The molecule has 1 atom stereocenters. The predicted molar refractivity (Wildman–Crippen MR) is 89.4 cm³/mol. The summed E-state index contributed by atoms with van der Waals surface area (Å²) in [7, 11) is 0. The van der Waals surface area contributed by atoms with Crippen molar-refractivity contribution in [2.24, 2.45) is 0 Å². The first-order valence-corrected chi connectivity index (χ1v) is 8.72. The smallest absolute Gasteiger partial charge is 0.0908 e. The molecule has 0 spiro atoms. The minimum absolute atomic E-state index is 0.713. The van der Waals surface area contributed by atoms with Gasteiger partial charge in [-0.25, -0.2) is 0 Å². The van der Waals surface area contributed by atoms with Gasteiger partial charge in [-0.15, -0.1) is 0 Å². The molecule has 0 radical (unpaired) electrons. The largest absolute Gasteiger partial charge is 0.385 e. The molecule has 2 rings (SSSR count). The maximum atomic E-state index is 11.2. The fraction of sp³-hybridized carbons (Fsp3) is 0.647. The molecule has 21 heavy (non-hydrogen) atoms. The van der Waals surface area contributed by atoms with Crippen LogP contribution >= 0.6 is 15.9 Å². The lowest BCUT2D eigenvalue weighted by Gasteiger charge is -2.33. The van der Waals surface area contributed by atoms with E-state index < -0.39 is 5.60 Å². The molecule has 1 aliphatic rings. The summed E-state index contributed by atoms with van der Waals surface area (Å²) in [4.78, 5) is 2.39. The molecule has 1 aromatic carbocycles. The molecule has 0 bridgehead atoms. The zero-order valence-corrected chi connectivity index (χ0v) is 14.4. The van der Waals surface area contributed by atoms with Gasteiger partial charge < -0.3 is 9.84 Å². The van der Waals surface area contributed by atoms with Crippen molar-refractivity contribution in [3.05, 3.63) is 34.3 Å². The normalized spacial score (nSPS) is 19.4. The molecule has 0 aromatic heterocycles. The summed E-state index contributed by atoms with van der Waals surface area (Å²) >= 11 is 3.46. The maximum Gasteiger partial charge on any atom is 0.0908 e. The summed E-state index contributed by atoms with van der Waals surface area (Å²) in [5.41, 5.74) is 0.321. The van der Waals surface area contributed by atoms with Crippen LogP contribution in [0.2, 0.25) is 0 Å². The van der Waals surface area contributed by atoms with E-state index in [4.69, 9.17) is 4.74 Å². The molecule has 1 N–H and O–H groups in total. The van der Waals surface area contributed by atoms with Gasteiger partial charge in [-0.05, 0) is 30.5 Å². The molecule has 3 nitrogen and oxygen atoms in total. The standard InChI is InChI=1S/C17H26BrNO2/c1-2-3-8-17(20,15-4-6-16(18)7-5-15)9-10-19-11-13-21-14-12-19/h4-7,20H,2-3,8-14H2,1H3. The number of rotatable bonds is 7. The van der Waals surface area contributed by atoms with Gasteiger partial charge in [0.2, 0.25) is 0 Å². The average Bonchev–Trinajstić information content (AvgIpc) is 2.52. The predicted octanol–water partition coefficient (Wildman–Crippen LogP) is 3.55. The molecule has 1 fully saturated rings. The highest BCUT2D eigenvalue weighted by molar-refractivity contribution is 9.10. The van der Waals surface area contributed by atoms with E-state index in [1.807, 2.05) is 24.3 Å². The first kappa shape index (κ1) is 16.9. The van der Waals surface area contributed by atoms with Crippen LogP contribution in [-0.2, 0) is 10.3 Å². The Morgan fingerprint density at radius 2 is 1.86 bits per heavy atom. The van der Waals surface area contributed by atoms with Crippen LogP contribution in [-0.4, -0.2) is 42.9 Å². The number of unbranched alkanes of at least 4 members (excludes halogenated alkanes) is 1. The van der Waals surface area contributed by atoms with Crippen LogP contribution in [0.4, 0.5) is 0 Å². The fourth-order valence-electron chi connectivity index (χ4n) is 2.81. The lowest BCUT2D eigenvalue weighted by Crippen LogP contribution is -2.40. The summed E-state index contributed by atoms with van der Waals surface area (Å²) in [6.07, 6.45) is 3.77. The monoisotopic (exact) mass is 355 g/mol. The van der Waals surface area contributed by atoms with Crippen molar-refractivity contribution < 1.29 is 9.84 Å². The van der Waals surface area contributed by atoms with E-state index in [-0.39, 0.29) is 0 Å². The van der Waals surface area contributed by atoms with Gasteiger partial charge in [-0.2, -0.15) is 0 Å². The van der Waals surface area contributed by atoms with E-state index >= 15 is 0 Å². The molecule has 0 amide bonds. The third kappa shape index (κ3) is 5.06. The van der Waals surface area contributed by atoms with Gasteiger partial charge in [-0.1, -0.05) is 47.8 Å². The second-order valence-electron chi connectivity index (χ2n) is 5.85. The highest BCUT2D eigenvalue weighted by atomic mass is 79.9. The van der Waals surface area contributed by atoms with E-state index in [0.717, 1.165) is 68.6 Å². The molecule has 1 aliphatic heterocycles. The van der Waals surface area contributed by atoms with Crippen molar-refractivity contribution in [3.8, 4) is 0 Å². The van der Waals surface area contributed by atoms with Crippen LogP contribution in [0.15, 0.2) is 28.7 Å². The SMILES string of the molecule is CCCCC(O)(CCN1CCOCC1)c1ccc(Br)cc1. The van der Waals surface area contributed by atoms with Crippen LogP contribution in [0.1, 0.15) is 38.2 Å². The number of ether oxygens (including phenoxy) is 1. The van der Waals surface area contributed by atoms with E-state index in [2.05, 4.69) is 27.8 Å². The van der Waals surface area contributed by atoms with Crippen molar-refractivity contribution >= 4 is 15.9 Å². The number of morpholine rings is 1. The molecular weight excluding hydrogens is 330 g/mol. The second-order valence-corrected chi connectivity index (χ2v) is 6.76. The van der Waals surface area contributed by atoms with Crippen molar-refractivity contribution in [2.45, 2.75) is 38.2 Å². The molecule has 1 heterocycles. The molecule has 0 saturated carbocycles. The van der Waals surface area contributed by atoms with Gasteiger partial charge in [0.15, 0.2) is 0 Å². The number of nitrogens with zero attached hydrogens (tertiary/aromatic N) is 1. The Balaban J connectivity index is 2.02. The Bertz CT molecular complexity index is 417. The number of benzene rings is 1. The summed E-state index contributed by atoms with van der Waals surface area (Å²) < 4.78 is 6.44. The first-order chi connectivity index (χ1) is 10.1. The molecule has 0 aliphatic carbocycles. The van der Waals surface area contributed by atoms with Crippen molar-refractivity contribution in [2.75, 3.05) is 32.8 Å². The third-order valence-corrected chi connectivity index (χ3v) is 4.80. The number of aliphatic hydroxyl groups is 1. The van der Waals surface area contributed by atoms with E-state index in [9.17, 15) is 5.11 Å². The fourth-order valence-corrected chi connectivity index (χ4v) is 3.08. The summed E-state index contributed by atoms with van der Waals surface area (Å²) in [5, 5.41) is 11.2. The van der Waals surface area contributed by atoms with Crippen molar-refractivity contribution in [1.29, 1.82) is 0 Å². The van der Waals surface area contributed by atoms with E-state index in [0.29, 0.717) is 0 Å². The van der Waals surface area contributed by atoms with Crippen LogP contribution in [0.5, 0.6) is 0 Å². The van der Waals surface area contributed by atoms with E-state index in [1.54, 1.807) is 0 Å². The van der Waals surface area contributed by atoms with Gasteiger partial charge in [0, 0.05) is 24.1 Å². The Morgan fingerprint density at radius 3 is 2.48 bits per heavy atom. The zero-order chi connectivity index (χ0) is 15.1. The highest BCUT2D eigenvalue weighted by Crippen LogP contribution is 2.32. The van der Waals surface area contributed by atoms with Gasteiger partial charge in [0.25, 0.3) is 0 Å². The summed E-state index contributed by atoms with van der Waals surface area (Å²) in [5.74, 6) is 0. The highest BCUT2D eigenvalue weighted by Gasteiger charge is 2.29. The van der Waals surface area contributed by atoms with Crippen LogP contribution in [0.25, 0.3) is 0 Å². The minimum Gasteiger partial charge on any atom is -0.385 e. The Hall–Kier alpha value is -0.420. The van der Waals surface area contributed by atoms with Gasteiger partial charge in [-0.3, -0.25) is 4.90 Å². The van der Waals surface area contributed by atoms with Crippen LogP contribution in [0.3, 0.4) is 0 Å². The van der Waals surface area contributed by atoms with E-state index in [1.165, 1.54) is 0 Å². The Labute approximate surface area is 136 Å². The van der Waals surface area contributed by atoms with Gasteiger partial charge >= 0.3 is 0 Å². The first-order valence-electron chi connectivity index (χ1n) is 7.92. The van der Waals surface area contributed by atoms with Gasteiger partial charge in [0.1, 0.15) is 0 Å².